The van der Waals surface area contributed by atoms with Crippen molar-refractivity contribution in [2.75, 3.05) is 20.8 Å². The van der Waals surface area contributed by atoms with E-state index in [4.69, 9.17) is 66.3 Å². The van der Waals surface area contributed by atoms with Crippen molar-refractivity contribution in [1.82, 2.24) is 0 Å². The van der Waals surface area contributed by atoms with Crippen LogP contribution in [0.4, 0.5) is 0 Å². The first kappa shape index (κ1) is 66.0. The number of rotatable bonds is 17. The molecule has 10 rings (SSSR count). The van der Waals surface area contributed by atoms with Crippen LogP contribution in [0.25, 0.3) is 0 Å². The molecule has 86 heavy (non-hydrogen) atoms. The quantitative estimate of drug-likeness (QED) is 0.0871. The van der Waals surface area contributed by atoms with Gasteiger partial charge in [-0.05, 0) is 109 Å². The van der Waals surface area contributed by atoms with Crippen LogP contribution >= 0.6 is 0 Å². The Bertz CT molecular complexity index is 2430. The molecule has 31 atom stereocenters. The molecule has 31 unspecified atom stereocenters. The largest absolute Gasteiger partial charge is 0.458 e. The Morgan fingerprint density at radius 3 is 1.66 bits per heavy atom. The van der Waals surface area contributed by atoms with E-state index < -0.39 is 188 Å². The van der Waals surface area contributed by atoms with Gasteiger partial charge in [0, 0.05) is 64.1 Å². The van der Waals surface area contributed by atoms with Crippen molar-refractivity contribution in [3.8, 4) is 0 Å². The van der Waals surface area contributed by atoms with Crippen LogP contribution in [-0.2, 0) is 75.9 Å². The molecule has 24 heteroatoms. The Balaban J connectivity index is 0.711. The monoisotopic (exact) mass is 1220 g/mol. The Morgan fingerprint density at radius 1 is 0.593 bits per heavy atom. The van der Waals surface area contributed by atoms with Crippen molar-refractivity contribution >= 4 is 17.7 Å². The highest BCUT2D eigenvalue weighted by Gasteiger charge is 2.76. The molecule has 1 aromatic carbocycles. The zero-order valence-electron chi connectivity index (χ0n) is 51.1. The number of Topliss-reactive ketones (excluding diaryl/α,β-unsaturated/α-hetero) is 1. The zero-order chi connectivity index (χ0) is 61.9. The third-order valence-electron chi connectivity index (χ3n) is 21.4. The Labute approximate surface area is 502 Å². The van der Waals surface area contributed by atoms with Crippen LogP contribution in [0.1, 0.15) is 136 Å². The number of benzene rings is 1. The van der Waals surface area contributed by atoms with Crippen molar-refractivity contribution in [2.24, 2.45) is 34.5 Å². The second-order valence-electron chi connectivity index (χ2n) is 26.4. The molecule has 1 aromatic rings. The minimum Gasteiger partial charge on any atom is -0.458 e. The fourth-order valence-corrected chi connectivity index (χ4v) is 17.0. The number of ketones is 1. The summed E-state index contributed by atoms with van der Waals surface area (Å²) in [5, 5.41) is 77.2. The molecule has 0 amide bonds. The minimum atomic E-state index is -1.62. The lowest BCUT2D eigenvalue weighted by atomic mass is 9.41. The number of hydrogen-bond donors (Lipinski definition) is 7. The number of carbonyl (C=O) groups is 3. The molecule has 0 spiro atoms. The Kier molecular flexibility index (Phi) is 20.5. The number of aliphatic hydroxyl groups is 7. The van der Waals surface area contributed by atoms with Crippen LogP contribution < -0.4 is 0 Å². The summed E-state index contributed by atoms with van der Waals surface area (Å²) < 4.78 is 87.4. The van der Waals surface area contributed by atoms with E-state index in [2.05, 4.69) is 6.92 Å². The van der Waals surface area contributed by atoms with Gasteiger partial charge >= 0.3 is 11.9 Å². The van der Waals surface area contributed by atoms with Crippen molar-refractivity contribution in [2.45, 2.75) is 279 Å². The predicted octanol–water partition coefficient (Wildman–Crippen LogP) is 2.74. The normalized spacial score (nSPS) is 49.6. The summed E-state index contributed by atoms with van der Waals surface area (Å²) in [7, 11) is 3.04. The molecule has 0 bridgehead atoms. The molecule has 5 saturated heterocycles. The minimum absolute atomic E-state index is 0.0259. The number of aliphatic hydroxyl groups excluding tert-OH is 6. The fraction of sp³-hybridized carbons (Fsp3) is 0.855. The standard InChI is InChI=1S/C62H94O24/c1-28(64)37-19-21-62(72)38-17-16-35-22-36(18-20-60(35,7)48(38)56(79-33(6)65)57(61(37,62)8)86-58(71)34-14-12-11-13-15-34)80-44-23-39(66)52(29(2)75-44)82-45-24-40(67)53(30(3)76-45)83-46-25-41(73-9)54(31(4)77-46)84-47-26-42(74-10)55(32(5)78-47)85-59-51(70)50(69)49(68)43(27-63)81-59/h11-15,29-32,35-57,59,63,66-70,72H,16-27H2,1-10H3. The fourth-order valence-electron chi connectivity index (χ4n) is 17.0. The van der Waals surface area contributed by atoms with E-state index in [0.29, 0.717) is 44.1 Å². The first-order chi connectivity index (χ1) is 40.8. The van der Waals surface area contributed by atoms with Crippen molar-refractivity contribution in [3.63, 3.8) is 0 Å². The number of ether oxygens (including phenoxy) is 14. The summed E-state index contributed by atoms with van der Waals surface area (Å²) in [6.45, 7) is 13.4. The molecular weight excluding hydrogens is 1130 g/mol. The highest BCUT2D eigenvalue weighted by Crippen LogP contribution is 2.70. The van der Waals surface area contributed by atoms with Crippen molar-refractivity contribution < 1.29 is 116 Å². The maximum atomic E-state index is 14.0. The lowest BCUT2D eigenvalue weighted by Crippen LogP contribution is -2.73. The zero-order valence-corrected chi connectivity index (χ0v) is 51.1. The van der Waals surface area contributed by atoms with Gasteiger partial charge in [-0.2, -0.15) is 0 Å². The summed E-state index contributed by atoms with van der Waals surface area (Å²) in [4.78, 5) is 40.6. The molecule has 24 nitrogen and oxygen atoms in total. The maximum Gasteiger partial charge on any atom is 0.338 e. The molecule has 5 heterocycles. The van der Waals surface area contributed by atoms with E-state index in [-0.39, 0.29) is 49.4 Å². The Morgan fingerprint density at radius 2 is 1.13 bits per heavy atom. The van der Waals surface area contributed by atoms with Gasteiger partial charge in [-0.25, -0.2) is 4.79 Å². The lowest BCUT2D eigenvalue weighted by molar-refractivity contribution is -0.358. The highest BCUT2D eigenvalue weighted by molar-refractivity contribution is 5.89. The van der Waals surface area contributed by atoms with Gasteiger partial charge in [0.2, 0.25) is 0 Å². The highest BCUT2D eigenvalue weighted by atomic mass is 16.8. The van der Waals surface area contributed by atoms with Crippen LogP contribution in [-0.4, -0.2) is 227 Å². The third-order valence-corrected chi connectivity index (χ3v) is 21.4. The topological polar surface area (TPSA) is 322 Å². The summed E-state index contributed by atoms with van der Waals surface area (Å²) in [5.41, 5.74) is -2.79. The van der Waals surface area contributed by atoms with Gasteiger partial charge in [-0.3, -0.25) is 9.59 Å². The number of methoxy groups -OCH3 is 2. The molecule has 4 aliphatic carbocycles. The molecular formula is C62H94O24. The molecule has 5 aliphatic heterocycles. The third kappa shape index (κ3) is 12.6. The molecule has 7 N–H and O–H groups in total. The average molecular weight is 1220 g/mol. The first-order valence-corrected chi connectivity index (χ1v) is 31.1. The first-order valence-electron chi connectivity index (χ1n) is 31.1. The van der Waals surface area contributed by atoms with E-state index in [1.54, 1.807) is 58.2 Å². The van der Waals surface area contributed by atoms with Crippen molar-refractivity contribution in [3.05, 3.63) is 35.9 Å². The van der Waals surface area contributed by atoms with E-state index in [0.717, 1.165) is 6.42 Å². The van der Waals surface area contributed by atoms with Gasteiger partial charge in [0.05, 0.1) is 72.7 Å². The molecule has 9 aliphatic rings. The molecule has 4 saturated carbocycles. The number of esters is 2. The van der Waals surface area contributed by atoms with E-state index in [1.165, 1.54) is 21.0 Å². The number of hydrogen-bond acceptors (Lipinski definition) is 24. The average Bonchev–Trinajstić information content (AvgIpc) is 1.31. The molecule has 486 valence electrons. The molecule has 0 aromatic heterocycles. The summed E-state index contributed by atoms with van der Waals surface area (Å²) in [6, 6.07) is 8.57. The van der Waals surface area contributed by atoms with Gasteiger partial charge in [-0.1, -0.05) is 32.0 Å². The summed E-state index contributed by atoms with van der Waals surface area (Å²) in [5.74, 6) is -2.58. The van der Waals surface area contributed by atoms with Crippen molar-refractivity contribution in [1.29, 1.82) is 0 Å². The molecule has 9 fully saturated rings. The second-order valence-corrected chi connectivity index (χ2v) is 26.4. The van der Waals surface area contributed by atoms with Crippen LogP contribution in [0, 0.1) is 34.5 Å². The van der Waals surface area contributed by atoms with Crippen LogP contribution in [0.3, 0.4) is 0 Å². The van der Waals surface area contributed by atoms with Crippen LogP contribution in [0.5, 0.6) is 0 Å². The number of fused-ring (bicyclic) bond motifs is 5. The summed E-state index contributed by atoms with van der Waals surface area (Å²) >= 11 is 0. The maximum absolute atomic E-state index is 14.0. The smallest absolute Gasteiger partial charge is 0.338 e. The van der Waals surface area contributed by atoms with Gasteiger partial charge < -0.3 is 102 Å². The number of carbonyl (C=O) groups excluding carboxylic acids is 3. The summed E-state index contributed by atoms with van der Waals surface area (Å²) in [6.07, 6.45) is -17.1. The SMILES string of the molecule is COC1CC(OC2C(O)CC(OC3C(O)CC(OC4CCC5(C)C(CCC6C5C(OC(C)=O)C(OC(=O)c5ccccc5)C5(C)C(C(C)=O)CCC65O)C4)OC3C)OC2C)OC(C)C1OC1CC(OC)C(OC2OC(CO)C(O)C(O)C2O)C(C)O1. The van der Waals surface area contributed by atoms with Crippen LogP contribution in [0.15, 0.2) is 30.3 Å². The second kappa shape index (κ2) is 26.7. The van der Waals surface area contributed by atoms with E-state index >= 15 is 0 Å². The van der Waals surface area contributed by atoms with Gasteiger partial charge in [0.25, 0.3) is 0 Å². The van der Waals surface area contributed by atoms with E-state index in [1.807, 2.05) is 13.8 Å². The predicted molar refractivity (Wildman–Crippen MR) is 297 cm³/mol. The molecule has 0 radical (unpaired) electrons. The Hall–Kier alpha value is -2.93. The van der Waals surface area contributed by atoms with Crippen LogP contribution in [0.2, 0.25) is 0 Å². The van der Waals surface area contributed by atoms with Gasteiger partial charge in [0.1, 0.15) is 66.8 Å². The lowest BCUT2D eigenvalue weighted by Gasteiger charge is -2.66. The van der Waals surface area contributed by atoms with E-state index in [9.17, 15) is 50.1 Å². The van der Waals surface area contributed by atoms with Gasteiger partial charge in [-0.15, -0.1) is 0 Å². The van der Waals surface area contributed by atoms with Gasteiger partial charge in [0.15, 0.2) is 31.5 Å².